The van der Waals surface area contributed by atoms with Gasteiger partial charge in [-0.3, -0.25) is 0 Å². The average molecular weight is 127 g/mol. The highest BCUT2D eigenvalue weighted by molar-refractivity contribution is 7.49. The SMILES string of the molecule is CN(C)P(=O)(O)F. The van der Waals surface area contributed by atoms with Gasteiger partial charge in [-0.05, 0) is 14.1 Å². The van der Waals surface area contributed by atoms with Crippen molar-refractivity contribution < 1.29 is 13.7 Å². The van der Waals surface area contributed by atoms with Crippen LogP contribution in [0.4, 0.5) is 4.20 Å². The molecule has 0 saturated heterocycles. The van der Waals surface area contributed by atoms with E-state index in [1.54, 1.807) is 0 Å². The van der Waals surface area contributed by atoms with Crippen LogP contribution in [0.5, 0.6) is 0 Å². The number of halogens is 1. The fourth-order valence-corrected chi connectivity index (χ4v) is 0. The van der Waals surface area contributed by atoms with Gasteiger partial charge in [-0.1, -0.05) is 0 Å². The molecule has 0 bridgehead atoms. The molecular formula is C2H7FNO2P. The maximum atomic E-state index is 11.5. The lowest BCUT2D eigenvalue weighted by atomic mass is 11.3. The van der Waals surface area contributed by atoms with Gasteiger partial charge >= 0.3 is 7.83 Å². The van der Waals surface area contributed by atoms with E-state index in [9.17, 15) is 8.76 Å². The second-order valence-corrected chi connectivity index (χ2v) is 3.07. The van der Waals surface area contributed by atoms with Crippen LogP contribution < -0.4 is 0 Å². The van der Waals surface area contributed by atoms with Crippen molar-refractivity contribution in [3.8, 4) is 0 Å². The van der Waals surface area contributed by atoms with E-state index in [4.69, 9.17) is 4.89 Å². The number of nitrogens with zero attached hydrogens (tertiary/aromatic N) is 1. The zero-order valence-electron chi connectivity index (χ0n) is 4.13. The molecule has 0 saturated carbocycles. The van der Waals surface area contributed by atoms with E-state index in [1.165, 1.54) is 14.1 Å². The molecule has 1 atom stereocenters. The molecule has 44 valence electrons. The Balaban J connectivity index is 3.80. The molecule has 0 aliphatic rings. The normalized spacial score (nSPS) is 19.6. The Morgan fingerprint density at radius 1 is 1.71 bits per heavy atom. The molecule has 0 fully saturated rings. The van der Waals surface area contributed by atoms with E-state index in [1.807, 2.05) is 0 Å². The highest BCUT2D eigenvalue weighted by Gasteiger charge is 2.17. The quantitative estimate of drug-likeness (QED) is 0.525. The summed E-state index contributed by atoms with van der Waals surface area (Å²) in [4.78, 5) is 7.91. The topological polar surface area (TPSA) is 40.5 Å². The van der Waals surface area contributed by atoms with Gasteiger partial charge in [0.2, 0.25) is 0 Å². The fraction of sp³-hybridized carbons (Fsp3) is 1.00. The lowest BCUT2D eigenvalue weighted by Crippen LogP contribution is -2.02. The Kier molecular flexibility index (Phi) is 1.92. The third kappa shape index (κ3) is 2.74. The molecule has 0 amide bonds. The third-order valence-electron chi connectivity index (χ3n) is 0.493. The van der Waals surface area contributed by atoms with Gasteiger partial charge in [-0.2, -0.15) is 0 Å². The van der Waals surface area contributed by atoms with Crippen molar-refractivity contribution in [2.75, 3.05) is 14.1 Å². The molecule has 7 heavy (non-hydrogen) atoms. The molecule has 0 spiro atoms. The second kappa shape index (κ2) is 1.90. The Hall–Kier alpha value is 0.0800. The summed E-state index contributed by atoms with van der Waals surface area (Å²) < 4.78 is 21.9. The van der Waals surface area contributed by atoms with Crippen molar-refractivity contribution >= 4 is 7.83 Å². The molecule has 0 aromatic rings. The van der Waals surface area contributed by atoms with Crippen LogP contribution in [0, 0.1) is 0 Å². The molecule has 0 rings (SSSR count). The van der Waals surface area contributed by atoms with Crippen molar-refractivity contribution in [2.45, 2.75) is 0 Å². The molecule has 0 heterocycles. The van der Waals surface area contributed by atoms with E-state index < -0.39 is 7.83 Å². The first kappa shape index (κ1) is 7.08. The Labute approximate surface area is 41.4 Å². The molecule has 1 unspecified atom stereocenters. The lowest BCUT2D eigenvalue weighted by molar-refractivity contribution is 0.361. The largest absolute Gasteiger partial charge is 0.442 e. The van der Waals surface area contributed by atoms with Crippen LogP contribution >= 0.6 is 7.83 Å². The summed E-state index contributed by atoms with van der Waals surface area (Å²) in [6.07, 6.45) is 0. The van der Waals surface area contributed by atoms with E-state index >= 15 is 0 Å². The van der Waals surface area contributed by atoms with Gasteiger partial charge in [0.25, 0.3) is 0 Å². The van der Waals surface area contributed by atoms with Crippen molar-refractivity contribution in [1.82, 2.24) is 4.67 Å². The van der Waals surface area contributed by atoms with Gasteiger partial charge in [0, 0.05) is 0 Å². The van der Waals surface area contributed by atoms with Crippen molar-refractivity contribution in [2.24, 2.45) is 0 Å². The summed E-state index contributed by atoms with van der Waals surface area (Å²) >= 11 is 0. The van der Waals surface area contributed by atoms with E-state index in [-0.39, 0.29) is 0 Å². The van der Waals surface area contributed by atoms with Crippen molar-refractivity contribution in [3.63, 3.8) is 0 Å². The number of hydrogen-bond acceptors (Lipinski definition) is 1. The van der Waals surface area contributed by atoms with Crippen molar-refractivity contribution in [1.29, 1.82) is 0 Å². The van der Waals surface area contributed by atoms with E-state index in [0.29, 0.717) is 4.67 Å². The maximum Gasteiger partial charge on any atom is 0.442 e. The predicted molar refractivity (Wildman–Crippen MR) is 24.6 cm³/mol. The first-order chi connectivity index (χ1) is 2.94. The third-order valence-corrected chi connectivity index (χ3v) is 1.48. The van der Waals surface area contributed by atoms with Crippen LogP contribution in [0.25, 0.3) is 0 Å². The first-order valence-electron chi connectivity index (χ1n) is 1.65. The Morgan fingerprint density at radius 3 is 1.86 bits per heavy atom. The smallest absolute Gasteiger partial charge is 0.309 e. The van der Waals surface area contributed by atoms with Crippen LogP contribution in [0.1, 0.15) is 0 Å². The van der Waals surface area contributed by atoms with Crippen LogP contribution in [0.2, 0.25) is 0 Å². The second-order valence-electron chi connectivity index (χ2n) is 1.32. The minimum Gasteiger partial charge on any atom is -0.309 e. The van der Waals surface area contributed by atoms with Gasteiger partial charge in [0.05, 0.1) is 0 Å². The minimum absolute atomic E-state index is 0.632. The summed E-state index contributed by atoms with van der Waals surface area (Å²) in [6, 6.07) is 0. The zero-order valence-corrected chi connectivity index (χ0v) is 5.02. The van der Waals surface area contributed by atoms with E-state index in [0.717, 1.165) is 0 Å². The molecule has 0 aromatic heterocycles. The summed E-state index contributed by atoms with van der Waals surface area (Å²) in [5.74, 6) is 0. The standard InChI is InChI=1S/C2H7FNO2P/c1-4(2)7(3,5)6/h1-2H3,(H,5,6). The predicted octanol–water partition coefficient (Wildman–Crippen LogP) is 0.618. The van der Waals surface area contributed by atoms with Crippen LogP contribution in [-0.2, 0) is 4.57 Å². The number of hydrogen-bond donors (Lipinski definition) is 1. The van der Waals surface area contributed by atoms with Gasteiger partial charge in [-0.25, -0.2) is 9.24 Å². The lowest BCUT2D eigenvalue weighted by Gasteiger charge is -2.06. The molecule has 3 nitrogen and oxygen atoms in total. The zero-order chi connectivity index (χ0) is 6.08. The van der Waals surface area contributed by atoms with Gasteiger partial charge in [-0.15, -0.1) is 4.20 Å². The van der Waals surface area contributed by atoms with Crippen molar-refractivity contribution in [3.05, 3.63) is 0 Å². The summed E-state index contributed by atoms with van der Waals surface area (Å²) in [5.41, 5.74) is 0. The number of rotatable bonds is 1. The first-order valence-corrected chi connectivity index (χ1v) is 3.15. The van der Waals surface area contributed by atoms with E-state index in [2.05, 4.69) is 0 Å². The molecular weight excluding hydrogens is 120 g/mol. The molecule has 0 aliphatic carbocycles. The molecule has 5 heteroatoms. The highest BCUT2D eigenvalue weighted by atomic mass is 31.2. The highest BCUT2D eigenvalue weighted by Crippen LogP contribution is 2.43. The minimum atomic E-state index is -4.40. The average Bonchev–Trinajstić information content (AvgIpc) is 1.31. The maximum absolute atomic E-state index is 11.5. The summed E-state index contributed by atoms with van der Waals surface area (Å²) in [5, 5.41) is 0. The molecule has 0 aliphatic heterocycles. The summed E-state index contributed by atoms with van der Waals surface area (Å²) in [6.45, 7) is 0. The van der Waals surface area contributed by atoms with Crippen LogP contribution in [-0.4, -0.2) is 23.7 Å². The molecule has 0 aromatic carbocycles. The molecule has 0 radical (unpaired) electrons. The Bertz CT molecular complexity index is 97.9. The van der Waals surface area contributed by atoms with Crippen LogP contribution in [0.15, 0.2) is 0 Å². The van der Waals surface area contributed by atoms with Crippen LogP contribution in [0.3, 0.4) is 0 Å². The molecule has 1 N–H and O–H groups in total. The van der Waals surface area contributed by atoms with Gasteiger partial charge < -0.3 is 4.89 Å². The fourth-order valence-electron chi connectivity index (χ4n) is 0. The van der Waals surface area contributed by atoms with Gasteiger partial charge in [0.15, 0.2) is 0 Å². The monoisotopic (exact) mass is 127 g/mol. The van der Waals surface area contributed by atoms with Gasteiger partial charge in [0.1, 0.15) is 0 Å². The Morgan fingerprint density at radius 2 is 1.86 bits per heavy atom. The summed E-state index contributed by atoms with van der Waals surface area (Å²) in [7, 11) is -2.01.